The van der Waals surface area contributed by atoms with Gasteiger partial charge in [0, 0.05) is 5.38 Å². The predicted molar refractivity (Wildman–Crippen MR) is 59.8 cm³/mol. The molecule has 1 unspecified atom stereocenters. The summed E-state index contributed by atoms with van der Waals surface area (Å²) in [5, 5.41) is 15.2. The second kappa shape index (κ2) is 4.12. The van der Waals surface area contributed by atoms with E-state index in [9.17, 15) is 0 Å². The van der Waals surface area contributed by atoms with Crippen LogP contribution in [0.15, 0.2) is 15.2 Å². The fourth-order valence-corrected chi connectivity index (χ4v) is 2.04. The van der Waals surface area contributed by atoms with Gasteiger partial charge in [-0.1, -0.05) is 0 Å². The summed E-state index contributed by atoms with van der Waals surface area (Å²) < 4.78 is 5.58. The highest BCUT2D eigenvalue weighted by Crippen LogP contribution is 2.26. The van der Waals surface area contributed by atoms with E-state index in [1.807, 2.05) is 26.3 Å². The van der Waals surface area contributed by atoms with Gasteiger partial charge < -0.3 is 9.73 Å². The van der Waals surface area contributed by atoms with Crippen LogP contribution in [0, 0.1) is 6.92 Å². The molecule has 0 saturated heterocycles. The van der Waals surface area contributed by atoms with E-state index in [0.717, 1.165) is 5.56 Å². The molecule has 80 valence electrons. The minimum Gasteiger partial charge on any atom is -0.419 e. The number of hydrogen-bond acceptors (Lipinski definition) is 5. The van der Waals surface area contributed by atoms with Crippen LogP contribution < -0.4 is 5.32 Å². The monoisotopic (exact) mass is 223 g/mol. The lowest BCUT2D eigenvalue weighted by molar-refractivity contribution is 0.441. The van der Waals surface area contributed by atoms with E-state index in [4.69, 9.17) is 4.42 Å². The van der Waals surface area contributed by atoms with Crippen molar-refractivity contribution in [2.24, 2.45) is 0 Å². The summed E-state index contributed by atoms with van der Waals surface area (Å²) in [5.41, 5.74) is 2.20. The molecule has 2 aromatic heterocycles. The van der Waals surface area contributed by atoms with Crippen molar-refractivity contribution in [1.29, 1.82) is 0 Å². The molecule has 0 spiro atoms. The van der Waals surface area contributed by atoms with Crippen LogP contribution in [0.2, 0.25) is 0 Å². The fraction of sp³-hybridized carbons (Fsp3) is 0.400. The van der Waals surface area contributed by atoms with Gasteiger partial charge in [-0.15, -0.1) is 10.2 Å². The first-order chi connectivity index (χ1) is 7.22. The standard InChI is InChI=1S/C10H13N3OS/c1-6-4-15-5-8(6)10-13-12-9(14-10)7(2)11-3/h4-5,7,11H,1-3H3. The van der Waals surface area contributed by atoms with Gasteiger partial charge in [0.05, 0.1) is 11.6 Å². The SMILES string of the molecule is CNC(C)c1nnc(-c2cscc2C)o1. The smallest absolute Gasteiger partial charge is 0.248 e. The molecule has 0 bridgehead atoms. The Bertz CT molecular complexity index is 449. The summed E-state index contributed by atoms with van der Waals surface area (Å²) in [7, 11) is 1.87. The number of nitrogens with zero attached hydrogens (tertiary/aromatic N) is 2. The largest absolute Gasteiger partial charge is 0.419 e. The van der Waals surface area contributed by atoms with E-state index in [-0.39, 0.29) is 6.04 Å². The average Bonchev–Trinajstić information content (AvgIpc) is 2.84. The van der Waals surface area contributed by atoms with Crippen LogP contribution in [0.1, 0.15) is 24.4 Å². The zero-order valence-corrected chi connectivity index (χ0v) is 9.76. The van der Waals surface area contributed by atoms with Crippen molar-refractivity contribution in [1.82, 2.24) is 15.5 Å². The summed E-state index contributed by atoms with van der Waals surface area (Å²) in [6.07, 6.45) is 0. The molecule has 2 aromatic rings. The third-order valence-electron chi connectivity index (χ3n) is 2.33. The third-order valence-corrected chi connectivity index (χ3v) is 3.19. The number of thiophene rings is 1. The fourth-order valence-electron chi connectivity index (χ4n) is 1.22. The summed E-state index contributed by atoms with van der Waals surface area (Å²) in [4.78, 5) is 0. The van der Waals surface area contributed by atoms with Crippen molar-refractivity contribution in [3.63, 3.8) is 0 Å². The Morgan fingerprint density at radius 3 is 2.80 bits per heavy atom. The molecule has 2 rings (SSSR count). The minimum atomic E-state index is 0.0881. The van der Waals surface area contributed by atoms with Gasteiger partial charge >= 0.3 is 0 Å². The van der Waals surface area contributed by atoms with Crippen molar-refractivity contribution in [2.75, 3.05) is 7.05 Å². The Kier molecular flexibility index (Phi) is 2.83. The lowest BCUT2D eigenvalue weighted by atomic mass is 10.2. The van der Waals surface area contributed by atoms with Crippen LogP contribution >= 0.6 is 11.3 Å². The minimum absolute atomic E-state index is 0.0881. The Hall–Kier alpha value is -1.20. The summed E-state index contributed by atoms with van der Waals surface area (Å²) in [6.45, 7) is 4.02. The second-order valence-electron chi connectivity index (χ2n) is 3.42. The Balaban J connectivity index is 2.32. The van der Waals surface area contributed by atoms with Crippen LogP contribution in [-0.2, 0) is 0 Å². The first kappa shape index (κ1) is 10.3. The van der Waals surface area contributed by atoms with Gasteiger partial charge in [-0.3, -0.25) is 0 Å². The normalized spacial score (nSPS) is 13.0. The van der Waals surface area contributed by atoms with Crippen molar-refractivity contribution in [2.45, 2.75) is 19.9 Å². The molecule has 15 heavy (non-hydrogen) atoms. The van der Waals surface area contributed by atoms with E-state index < -0.39 is 0 Å². The van der Waals surface area contributed by atoms with Crippen molar-refractivity contribution in [3.8, 4) is 11.5 Å². The molecular weight excluding hydrogens is 210 g/mol. The van der Waals surface area contributed by atoms with Crippen LogP contribution in [0.3, 0.4) is 0 Å². The van der Waals surface area contributed by atoms with Crippen molar-refractivity contribution in [3.05, 3.63) is 22.2 Å². The maximum Gasteiger partial charge on any atom is 0.248 e. The Morgan fingerprint density at radius 1 is 1.40 bits per heavy atom. The van der Waals surface area contributed by atoms with Gasteiger partial charge in [-0.25, -0.2) is 0 Å². The summed E-state index contributed by atoms with van der Waals surface area (Å²) in [5.74, 6) is 1.23. The zero-order valence-electron chi connectivity index (χ0n) is 8.94. The van der Waals surface area contributed by atoms with E-state index in [1.54, 1.807) is 11.3 Å². The number of hydrogen-bond donors (Lipinski definition) is 1. The van der Waals surface area contributed by atoms with E-state index in [2.05, 4.69) is 20.9 Å². The molecule has 1 N–H and O–H groups in total. The first-order valence-electron chi connectivity index (χ1n) is 4.76. The van der Waals surface area contributed by atoms with Crippen molar-refractivity contribution >= 4 is 11.3 Å². The maximum absolute atomic E-state index is 5.58. The van der Waals surface area contributed by atoms with Crippen LogP contribution in [0.5, 0.6) is 0 Å². The third kappa shape index (κ3) is 1.93. The average molecular weight is 223 g/mol. The first-order valence-corrected chi connectivity index (χ1v) is 5.70. The predicted octanol–water partition coefficient (Wildman–Crippen LogP) is 2.39. The Morgan fingerprint density at radius 2 is 2.20 bits per heavy atom. The molecule has 0 aliphatic rings. The number of rotatable bonds is 3. The van der Waals surface area contributed by atoms with Gasteiger partial charge in [-0.2, -0.15) is 11.3 Å². The second-order valence-corrected chi connectivity index (χ2v) is 4.17. The van der Waals surface area contributed by atoms with Gasteiger partial charge in [-0.05, 0) is 31.8 Å². The zero-order chi connectivity index (χ0) is 10.8. The quantitative estimate of drug-likeness (QED) is 0.868. The highest BCUT2D eigenvalue weighted by Gasteiger charge is 2.14. The molecule has 4 nitrogen and oxygen atoms in total. The molecular formula is C10H13N3OS. The molecule has 0 fully saturated rings. The molecule has 0 radical (unpaired) electrons. The number of aryl methyl sites for hydroxylation is 1. The van der Waals surface area contributed by atoms with Gasteiger partial charge in [0.2, 0.25) is 11.8 Å². The number of aromatic nitrogens is 2. The topological polar surface area (TPSA) is 51.0 Å². The van der Waals surface area contributed by atoms with Crippen molar-refractivity contribution < 1.29 is 4.42 Å². The van der Waals surface area contributed by atoms with Crippen LogP contribution in [0.25, 0.3) is 11.5 Å². The molecule has 2 heterocycles. The van der Waals surface area contributed by atoms with Gasteiger partial charge in [0.1, 0.15) is 0 Å². The van der Waals surface area contributed by atoms with Gasteiger partial charge in [0.25, 0.3) is 0 Å². The summed E-state index contributed by atoms with van der Waals surface area (Å²) >= 11 is 1.64. The molecule has 0 saturated carbocycles. The molecule has 5 heteroatoms. The van der Waals surface area contributed by atoms with Crippen LogP contribution in [-0.4, -0.2) is 17.2 Å². The highest BCUT2D eigenvalue weighted by molar-refractivity contribution is 7.08. The molecule has 0 aliphatic carbocycles. The van der Waals surface area contributed by atoms with Gasteiger partial charge in [0.15, 0.2) is 0 Å². The molecule has 0 amide bonds. The Labute approximate surface area is 92.3 Å². The number of nitrogens with one attached hydrogen (secondary N) is 1. The highest BCUT2D eigenvalue weighted by atomic mass is 32.1. The van der Waals surface area contributed by atoms with E-state index in [0.29, 0.717) is 11.8 Å². The lowest BCUT2D eigenvalue weighted by Crippen LogP contribution is -2.12. The molecule has 0 aromatic carbocycles. The van der Waals surface area contributed by atoms with E-state index >= 15 is 0 Å². The van der Waals surface area contributed by atoms with E-state index in [1.165, 1.54) is 5.56 Å². The molecule has 1 atom stereocenters. The maximum atomic E-state index is 5.58. The molecule has 0 aliphatic heterocycles. The lowest BCUT2D eigenvalue weighted by Gasteiger charge is -2.02. The summed E-state index contributed by atoms with van der Waals surface area (Å²) in [6, 6.07) is 0.0881. The van der Waals surface area contributed by atoms with Crippen LogP contribution in [0.4, 0.5) is 0 Å².